The molecular formula is C20H19N5O2S. The molecule has 0 saturated heterocycles. The maximum atomic E-state index is 11.7. The summed E-state index contributed by atoms with van der Waals surface area (Å²) >= 11 is 1.67. The van der Waals surface area contributed by atoms with Crippen LogP contribution >= 0.6 is 11.3 Å². The van der Waals surface area contributed by atoms with Gasteiger partial charge in [-0.25, -0.2) is 14.8 Å². The Bertz CT molecular complexity index is 1190. The Hall–Kier alpha value is -3.26. The Morgan fingerprint density at radius 1 is 1.29 bits per heavy atom. The van der Waals surface area contributed by atoms with Gasteiger partial charge in [-0.1, -0.05) is 19.9 Å². The summed E-state index contributed by atoms with van der Waals surface area (Å²) in [5, 5.41) is 6.27. The molecule has 0 atom stereocenters. The average molecular weight is 393 g/mol. The number of esters is 1. The van der Waals surface area contributed by atoms with Crippen LogP contribution in [0.5, 0.6) is 0 Å². The number of ether oxygens (including phenoxy) is 1. The van der Waals surface area contributed by atoms with E-state index >= 15 is 0 Å². The van der Waals surface area contributed by atoms with Gasteiger partial charge in [0.1, 0.15) is 11.2 Å². The molecule has 0 unspecified atom stereocenters. The Balaban J connectivity index is 1.58. The zero-order valence-electron chi connectivity index (χ0n) is 15.7. The molecule has 142 valence electrons. The first-order valence-electron chi connectivity index (χ1n) is 8.79. The predicted molar refractivity (Wildman–Crippen MR) is 112 cm³/mol. The second-order valence-corrected chi connectivity index (χ2v) is 7.67. The number of nitrogens with zero attached hydrogens (tertiary/aromatic N) is 3. The van der Waals surface area contributed by atoms with Gasteiger partial charge < -0.3 is 9.72 Å². The molecule has 0 aliphatic carbocycles. The molecular weight excluding hydrogens is 374 g/mol. The summed E-state index contributed by atoms with van der Waals surface area (Å²) in [5.74, 6) is 0.756. The van der Waals surface area contributed by atoms with Crippen molar-refractivity contribution in [2.24, 2.45) is 5.10 Å². The lowest BCUT2D eigenvalue weighted by molar-refractivity contribution is 0.0601. The molecule has 0 aliphatic rings. The highest BCUT2D eigenvalue weighted by Gasteiger charge is 2.11. The standard InChI is InChI=1S/C20H19N5O2S/c1-11(2)17-7-15-18(22-10-23-19(15)28-17)25-24-9-13-8-21-16-6-12(20(26)27-3)4-5-14(13)16/h4-11,21H,1-3H3,(H,22,23,25). The van der Waals surface area contributed by atoms with E-state index in [1.54, 1.807) is 36.0 Å². The smallest absolute Gasteiger partial charge is 0.337 e. The second-order valence-electron chi connectivity index (χ2n) is 6.61. The zero-order chi connectivity index (χ0) is 19.7. The molecule has 7 nitrogen and oxygen atoms in total. The summed E-state index contributed by atoms with van der Waals surface area (Å²) in [6, 6.07) is 7.48. The van der Waals surface area contributed by atoms with Gasteiger partial charge in [0.2, 0.25) is 0 Å². The summed E-state index contributed by atoms with van der Waals surface area (Å²) in [6.07, 6.45) is 5.11. The lowest BCUT2D eigenvalue weighted by Crippen LogP contribution is -2.00. The number of anilines is 1. The van der Waals surface area contributed by atoms with E-state index in [2.05, 4.69) is 45.4 Å². The van der Waals surface area contributed by atoms with Crippen LogP contribution in [-0.4, -0.2) is 34.2 Å². The number of aromatic nitrogens is 3. The molecule has 4 rings (SSSR count). The molecule has 2 N–H and O–H groups in total. The molecule has 0 aliphatic heterocycles. The first-order chi connectivity index (χ1) is 13.6. The lowest BCUT2D eigenvalue weighted by Gasteiger charge is -2.00. The number of benzene rings is 1. The predicted octanol–water partition coefficient (Wildman–Crippen LogP) is 4.53. The van der Waals surface area contributed by atoms with Gasteiger partial charge in [-0.3, -0.25) is 5.43 Å². The fraction of sp³-hybridized carbons (Fsp3) is 0.200. The molecule has 8 heteroatoms. The van der Waals surface area contributed by atoms with Crippen molar-refractivity contribution in [1.82, 2.24) is 15.0 Å². The van der Waals surface area contributed by atoms with Crippen molar-refractivity contribution in [2.75, 3.05) is 12.5 Å². The summed E-state index contributed by atoms with van der Waals surface area (Å²) in [5.41, 5.74) is 5.26. The van der Waals surface area contributed by atoms with Crippen LogP contribution in [0.4, 0.5) is 5.82 Å². The fourth-order valence-corrected chi connectivity index (χ4v) is 3.91. The minimum absolute atomic E-state index is 0.363. The van der Waals surface area contributed by atoms with Crippen molar-refractivity contribution in [3.63, 3.8) is 0 Å². The number of hydrogen-bond acceptors (Lipinski definition) is 7. The van der Waals surface area contributed by atoms with Gasteiger partial charge in [-0.2, -0.15) is 5.10 Å². The summed E-state index contributed by atoms with van der Waals surface area (Å²) in [6.45, 7) is 4.32. The molecule has 4 aromatic rings. The maximum absolute atomic E-state index is 11.7. The van der Waals surface area contributed by atoms with Crippen molar-refractivity contribution in [2.45, 2.75) is 19.8 Å². The van der Waals surface area contributed by atoms with Crippen molar-refractivity contribution >= 4 is 50.5 Å². The van der Waals surface area contributed by atoms with Crippen LogP contribution in [0.15, 0.2) is 41.9 Å². The van der Waals surface area contributed by atoms with E-state index in [0.29, 0.717) is 17.3 Å². The molecule has 0 bridgehead atoms. The zero-order valence-corrected chi connectivity index (χ0v) is 16.5. The van der Waals surface area contributed by atoms with E-state index in [1.165, 1.54) is 12.0 Å². The Morgan fingerprint density at radius 3 is 2.93 bits per heavy atom. The topological polar surface area (TPSA) is 92.3 Å². The van der Waals surface area contributed by atoms with Crippen molar-refractivity contribution in [1.29, 1.82) is 0 Å². The Kier molecular flexibility index (Phi) is 4.79. The monoisotopic (exact) mass is 393 g/mol. The molecule has 3 aromatic heterocycles. The number of carbonyl (C=O) groups excluding carboxylic acids is 1. The third-order valence-corrected chi connectivity index (χ3v) is 5.77. The summed E-state index contributed by atoms with van der Waals surface area (Å²) in [7, 11) is 1.37. The number of carbonyl (C=O) groups is 1. The molecule has 0 saturated carbocycles. The number of thiophene rings is 1. The largest absolute Gasteiger partial charge is 0.465 e. The summed E-state index contributed by atoms with van der Waals surface area (Å²) < 4.78 is 4.76. The van der Waals surface area contributed by atoms with Gasteiger partial charge in [0.15, 0.2) is 5.82 Å². The minimum atomic E-state index is -0.363. The highest BCUT2D eigenvalue weighted by atomic mass is 32.1. The van der Waals surface area contributed by atoms with Crippen LogP contribution < -0.4 is 5.43 Å². The van der Waals surface area contributed by atoms with Gasteiger partial charge >= 0.3 is 5.97 Å². The van der Waals surface area contributed by atoms with Crippen molar-refractivity contribution in [3.05, 3.63) is 52.8 Å². The number of rotatable bonds is 5. The first kappa shape index (κ1) is 18.1. The number of hydrazone groups is 1. The molecule has 3 heterocycles. The molecule has 1 aromatic carbocycles. The Labute approximate surface area is 165 Å². The molecule has 0 amide bonds. The van der Waals surface area contributed by atoms with Crippen molar-refractivity contribution in [3.8, 4) is 0 Å². The number of nitrogens with one attached hydrogen (secondary N) is 2. The number of methoxy groups -OCH3 is 1. The van der Waals surface area contributed by atoms with Crippen LogP contribution in [0, 0.1) is 0 Å². The average Bonchev–Trinajstić information content (AvgIpc) is 3.32. The highest BCUT2D eigenvalue weighted by Crippen LogP contribution is 2.32. The number of hydrogen-bond donors (Lipinski definition) is 2. The number of fused-ring (bicyclic) bond motifs is 2. The molecule has 0 radical (unpaired) electrons. The van der Waals surface area contributed by atoms with E-state index in [9.17, 15) is 4.79 Å². The van der Waals surface area contributed by atoms with E-state index in [4.69, 9.17) is 4.74 Å². The molecule has 0 fully saturated rings. The van der Waals surface area contributed by atoms with Gasteiger partial charge in [-0.15, -0.1) is 11.3 Å². The highest BCUT2D eigenvalue weighted by molar-refractivity contribution is 7.18. The minimum Gasteiger partial charge on any atom is -0.465 e. The van der Waals surface area contributed by atoms with Crippen LogP contribution in [0.3, 0.4) is 0 Å². The summed E-state index contributed by atoms with van der Waals surface area (Å²) in [4.78, 5) is 25.7. The number of aromatic amines is 1. The second kappa shape index (κ2) is 7.40. The lowest BCUT2D eigenvalue weighted by atomic mass is 10.1. The van der Waals surface area contributed by atoms with E-state index in [1.807, 2.05) is 12.3 Å². The Morgan fingerprint density at radius 2 is 2.14 bits per heavy atom. The van der Waals surface area contributed by atoms with Gasteiger partial charge in [0.05, 0.1) is 24.3 Å². The molecule has 28 heavy (non-hydrogen) atoms. The fourth-order valence-electron chi connectivity index (χ4n) is 2.91. The van der Waals surface area contributed by atoms with Crippen LogP contribution in [-0.2, 0) is 4.74 Å². The third-order valence-electron chi connectivity index (χ3n) is 4.43. The van der Waals surface area contributed by atoms with Gasteiger partial charge in [0, 0.05) is 27.5 Å². The quantitative estimate of drug-likeness (QED) is 0.295. The van der Waals surface area contributed by atoms with Crippen LogP contribution in [0.2, 0.25) is 0 Å². The number of H-pyrrole nitrogens is 1. The van der Waals surface area contributed by atoms with E-state index in [0.717, 1.165) is 26.7 Å². The van der Waals surface area contributed by atoms with Crippen molar-refractivity contribution < 1.29 is 9.53 Å². The maximum Gasteiger partial charge on any atom is 0.337 e. The van der Waals surface area contributed by atoms with E-state index < -0.39 is 0 Å². The first-order valence-corrected chi connectivity index (χ1v) is 9.61. The third kappa shape index (κ3) is 3.34. The normalized spacial score (nSPS) is 11.7. The van der Waals surface area contributed by atoms with Crippen LogP contribution in [0.25, 0.3) is 21.1 Å². The molecule has 0 spiro atoms. The van der Waals surface area contributed by atoms with E-state index in [-0.39, 0.29) is 5.97 Å². The van der Waals surface area contributed by atoms with Gasteiger partial charge in [0.25, 0.3) is 0 Å². The van der Waals surface area contributed by atoms with Crippen LogP contribution in [0.1, 0.15) is 40.6 Å². The SMILES string of the molecule is COC(=O)c1ccc2c(C=NNc3ncnc4sc(C(C)C)cc34)c[nH]c2c1. The van der Waals surface area contributed by atoms with Gasteiger partial charge in [-0.05, 0) is 24.1 Å².